The van der Waals surface area contributed by atoms with Crippen molar-refractivity contribution in [2.24, 2.45) is 0 Å². The van der Waals surface area contributed by atoms with Gasteiger partial charge in [-0.1, -0.05) is 31.3 Å². The fourth-order valence-corrected chi connectivity index (χ4v) is 4.82. The Morgan fingerprint density at radius 1 is 1.46 bits per heavy atom. The SMILES string of the molecule is CC1([Si](C)(C)Cl)C=C2C=CC=C2S1. The molecule has 1 aliphatic carbocycles. The van der Waals surface area contributed by atoms with E-state index in [2.05, 4.69) is 44.3 Å². The minimum absolute atomic E-state index is 0.167. The summed E-state index contributed by atoms with van der Waals surface area (Å²) in [5.41, 5.74) is 1.37. The van der Waals surface area contributed by atoms with Crippen molar-refractivity contribution in [3.63, 3.8) is 0 Å². The lowest BCUT2D eigenvalue weighted by Gasteiger charge is -2.31. The molecule has 0 aromatic heterocycles. The van der Waals surface area contributed by atoms with E-state index in [9.17, 15) is 0 Å². The first-order chi connectivity index (χ1) is 5.92. The summed E-state index contributed by atoms with van der Waals surface area (Å²) in [5, 5.41) is 0. The molecule has 70 valence electrons. The molecule has 1 aliphatic heterocycles. The van der Waals surface area contributed by atoms with Gasteiger partial charge in [0, 0.05) is 9.28 Å². The van der Waals surface area contributed by atoms with Crippen LogP contribution in [0.5, 0.6) is 0 Å². The first-order valence-corrected chi connectivity index (χ1v) is 9.25. The summed E-state index contributed by atoms with van der Waals surface area (Å²) in [6.07, 6.45) is 8.80. The van der Waals surface area contributed by atoms with Crippen LogP contribution in [0.15, 0.2) is 34.8 Å². The van der Waals surface area contributed by atoms with Crippen molar-refractivity contribution < 1.29 is 0 Å². The Bertz CT molecular complexity index is 335. The third-order valence-corrected chi connectivity index (χ3v) is 9.73. The highest BCUT2D eigenvalue weighted by atomic mass is 35.6. The van der Waals surface area contributed by atoms with Gasteiger partial charge < -0.3 is 0 Å². The topological polar surface area (TPSA) is 0 Å². The first-order valence-electron chi connectivity index (χ1n) is 4.42. The molecule has 0 aromatic carbocycles. The van der Waals surface area contributed by atoms with Crippen molar-refractivity contribution in [1.29, 1.82) is 0 Å². The van der Waals surface area contributed by atoms with Gasteiger partial charge in [0.1, 0.15) is 0 Å². The third-order valence-electron chi connectivity index (χ3n) is 2.74. The average Bonchev–Trinajstić information content (AvgIpc) is 2.42. The van der Waals surface area contributed by atoms with Crippen LogP contribution in [0.1, 0.15) is 6.92 Å². The van der Waals surface area contributed by atoms with E-state index < -0.39 is 7.38 Å². The van der Waals surface area contributed by atoms with Gasteiger partial charge in [0.15, 0.2) is 7.38 Å². The number of thioether (sulfide) groups is 1. The Kier molecular flexibility index (Phi) is 2.06. The summed E-state index contributed by atoms with van der Waals surface area (Å²) < 4.78 is 0.167. The Balaban J connectivity index is 2.38. The second kappa shape index (κ2) is 2.78. The van der Waals surface area contributed by atoms with Crippen LogP contribution < -0.4 is 0 Å². The molecule has 0 nitrogen and oxygen atoms in total. The van der Waals surface area contributed by atoms with Crippen LogP contribution in [-0.2, 0) is 0 Å². The van der Waals surface area contributed by atoms with E-state index in [1.54, 1.807) is 0 Å². The number of hydrogen-bond donors (Lipinski definition) is 0. The second-order valence-electron chi connectivity index (χ2n) is 4.17. The minimum atomic E-state index is -1.63. The van der Waals surface area contributed by atoms with Crippen molar-refractivity contribution in [2.45, 2.75) is 24.4 Å². The second-order valence-corrected chi connectivity index (χ2v) is 12.8. The predicted octanol–water partition coefficient (Wildman–Crippen LogP) is 3.86. The number of rotatable bonds is 1. The maximum atomic E-state index is 6.51. The molecule has 3 heteroatoms. The van der Waals surface area contributed by atoms with E-state index in [1.807, 2.05) is 11.8 Å². The van der Waals surface area contributed by atoms with Crippen LogP contribution in [0, 0.1) is 0 Å². The Morgan fingerprint density at radius 3 is 2.69 bits per heavy atom. The number of hydrogen-bond acceptors (Lipinski definition) is 1. The summed E-state index contributed by atoms with van der Waals surface area (Å²) in [5.74, 6) is 0. The van der Waals surface area contributed by atoms with Crippen LogP contribution in [0.25, 0.3) is 0 Å². The van der Waals surface area contributed by atoms with Crippen LogP contribution in [0.3, 0.4) is 0 Å². The summed E-state index contributed by atoms with van der Waals surface area (Å²) in [6.45, 7) is 6.69. The average molecular weight is 229 g/mol. The van der Waals surface area contributed by atoms with Crippen LogP contribution >= 0.6 is 22.8 Å². The zero-order valence-corrected chi connectivity index (χ0v) is 10.7. The molecule has 0 spiro atoms. The Labute approximate surface area is 89.5 Å². The molecular formula is C10H13ClSSi. The van der Waals surface area contributed by atoms with Crippen molar-refractivity contribution in [2.75, 3.05) is 0 Å². The Hall–Kier alpha value is 0.0769. The van der Waals surface area contributed by atoms with Crippen molar-refractivity contribution in [3.05, 3.63) is 34.8 Å². The zero-order valence-electron chi connectivity index (χ0n) is 8.10. The summed E-state index contributed by atoms with van der Waals surface area (Å²) >= 11 is 8.44. The van der Waals surface area contributed by atoms with Gasteiger partial charge in [-0.05, 0) is 18.6 Å². The number of halogens is 1. The van der Waals surface area contributed by atoms with E-state index >= 15 is 0 Å². The normalized spacial score (nSPS) is 31.7. The van der Waals surface area contributed by atoms with Crippen molar-refractivity contribution in [1.82, 2.24) is 0 Å². The molecule has 0 radical (unpaired) electrons. The molecule has 1 heterocycles. The number of fused-ring (bicyclic) bond motifs is 1. The molecule has 0 saturated carbocycles. The summed E-state index contributed by atoms with van der Waals surface area (Å²) in [6, 6.07) is 0. The fourth-order valence-electron chi connectivity index (χ4n) is 1.48. The van der Waals surface area contributed by atoms with Gasteiger partial charge in [0.2, 0.25) is 0 Å². The van der Waals surface area contributed by atoms with Gasteiger partial charge in [-0.2, -0.15) is 11.1 Å². The molecule has 0 amide bonds. The van der Waals surface area contributed by atoms with Crippen molar-refractivity contribution in [3.8, 4) is 0 Å². The lowest BCUT2D eigenvalue weighted by molar-refractivity contribution is 1.09. The van der Waals surface area contributed by atoms with Gasteiger partial charge in [0.05, 0.1) is 0 Å². The molecule has 0 N–H and O–H groups in total. The zero-order chi connectivity index (χ0) is 9.69. The maximum absolute atomic E-state index is 6.51. The molecule has 1 atom stereocenters. The molecule has 0 aromatic rings. The molecule has 2 rings (SSSR count). The van der Waals surface area contributed by atoms with Crippen LogP contribution in [-0.4, -0.2) is 11.8 Å². The molecule has 13 heavy (non-hydrogen) atoms. The lowest BCUT2D eigenvalue weighted by atomic mass is 10.2. The minimum Gasteiger partial charge on any atom is -0.166 e. The van der Waals surface area contributed by atoms with E-state index in [0.29, 0.717) is 0 Å². The standard InChI is InChI=1S/C10H13ClSSi/c1-10(13(2,3)11)7-8-5-4-6-9(8)12-10/h4-7H,1-3H3. The monoisotopic (exact) mass is 228 g/mol. The Morgan fingerprint density at radius 2 is 2.15 bits per heavy atom. The summed E-state index contributed by atoms with van der Waals surface area (Å²) in [7, 11) is -1.63. The fraction of sp³-hybridized carbons (Fsp3) is 0.400. The molecule has 0 fully saturated rings. The molecular weight excluding hydrogens is 216 g/mol. The van der Waals surface area contributed by atoms with E-state index in [0.717, 1.165) is 0 Å². The highest BCUT2D eigenvalue weighted by Crippen LogP contribution is 2.52. The van der Waals surface area contributed by atoms with E-state index in [1.165, 1.54) is 10.5 Å². The van der Waals surface area contributed by atoms with Crippen molar-refractivity contribution >= 4 is 30.2 Å². The quantitative estimate of drug-likeness (QED) is 0.485. The molecule has 0 saturated heterocycles. The molecule has 1 unspecified atom stereocenters. The molecule has 2 aliphatic rings. The van der Waals surface area contributed by atoms with E-state index in [4.69, 9.17) is 11.1 Å². The maximum Gasteiger partial charge on any atom is 0.170 e. The van der Waals surface area contributed by atoms with Gasteiger partial charge in [-0.15, -0.1) is 11.8 Å². The van der Waals surface area contributed by atoms with E-state index in [-0.39, 0.29) is 4.37 Å². The third kappa shape index (κ3) is 1.45. The van der Waals surface area contributed by atoms with Gasteiger partial charge in [-0.3, -0.25) is 0 Å². The summed E-state index contributed by atoms with van der Waals surface area (Å²) in [4.78, 5) is 1.39. The van der Waals surface area contributed by atoms with Crippen LogP contribution in [0.4, 0.5) is 0 Å². The van der Waals surface area contributed by atoms with Gasteiger partial charge in [0.25, 0.3) is 0 Å². The van der Waals surface area contributed by atoms with Gasteiger partial charge >= 0.3 is 0 Å². The van der Waals surface area contributed by atoms with Crippen LogP contribution in [0.2, 0.25) is 13.1 Å². The first kappa shape index (κ1) is 9.63. The largest absolute Gasteiger partial charge is 0.170 e. The highest BCUT2D eigenvalue weighted by Gasteiger charge is 2.45. The molecule has 0 bridgehead atoms. The lowest BCUT2D eigenvalue weighted by Crippen LogP contribution is -2.42. The highest BCUT2D eigenvalue weighted by molar-refractivity contribution is 8.07. The smallest absolute Gasteiger partial charge is 0.166 e. The predicted molar refractivity (Wildman–Crippen MR) is 64.6 cm³/mol. The number of allylic oxidation sites excluding steroid dienone is 4. The van der Waals surface area contributed by atoms with Gasteiger partial charge in [-0.25, -0.2) is 0 Å².